The average molecular weight is 497 g/mol. The molecule has 2 amide bonds. The van der Waals surface area contributed by atoms with Crippen LogP contribution in [0.1, 0.15) is 23.2 Å². The maximum absolute atomic E-state index is 12.5. The molecule has 0 bridgehead atoms. The van der Waals surface area contributed by atoms with E-state index in [0.717, 1.165) is 0 Å². The van der Waals surface area contributed by atoms with Crippen LogP contribution < -0.4 is 10.2 Å². The number of hydrogen-bond acceptors (Lipinski definition) is 6. The van der Waals surface area contributed by atoms with E-state index < -0.39 is 23.4 Å². The lowest BCUT2D eigenvalue weighted by Crippen LogP contribution is -2.27. The molecule has 1 saturated heterocycles. The van der Waals surface area contributed by atoms with Crippen LogP contribution in [0.2, 0.25) is 5.02 Å². The maximum Gasteiger partial charge on any atom is 0.340 e. The van der Waals surface area contributed by atoms with Gasteiger partial charge in [-0.15, -0.1) is 0 Å². The summed E-state index contributed by atoms with van der Waals surface area (Å²) in [6.45, 7) is -0.119. The number of anilines is 2. The minimum atomic E-state index is -0.778. The number of halogens is 2. The monoisotopic (exact) mass is 495 g/mol. The first-order valence-electron chi connectivity index (χ1n) is 8.77. The minimum Gasteiger partial charge on any atom is -0.452 e. The summed E-state index contributed by atoms with van der Waals surface area (Å²) >= 11 is 9.15. The van der Waals surface area contributed by atoms with Gasteiger partial charge in [-0.3, -0.25) is 19.7 Å². The fourth-order valence-corrected chi connectivity index (χ4v) is 3.55. The number of carbonyl (C=O) groups is 3. The quantitative estimate of drug-likeness (QED) is 0.368. The number of nitro benzene ring substituents is 1. The molecule has 3 rings (SSSR count). The SMILES string of the molecule is O=C(COC(=O)c1ccc(Cl)cc1N1CCCC1=O)Nc1ccc([N+](=O)[O-])cc1Br. The Balaban J connectivity index is 1.67. The molecule has 9 nitrogen and oxygen atoms in total. The highest BCUT2D eigenvalue weighted by Crippen LogP contribution is 2.30. The van der Waals surface area contributed by atoms with Crippen molar-refractivity contribution in [2.75, 3.05) is 23.4 Å². The van der Waals surface area contributed by atoms with Gasteiger partial charge in [0.25, 0.3) is 11.6 Å². The molecule has 1 heterocycles. The van der Waals surface area contributed by atoms with E-state index in [2.05, 4.69) is 21.2 Å². The summed E-state index contributed by atoms with van der Waals surface area (Å²) in [6, 6.07) is 8.29. The summed E-state index contributed by atoms with van der Waals surface area (Å²) in [5, 5.41) is 13.6. The van der Waals surface area contributed by atoms with Crippen molar-refractivity contribution in [1.82, 2.24) is 0 Å². The number of esters is 1. The molecule has 30 heavy (non-hydrogen) atoms. The molecule has 0 radical (unpaired) electrons. The minimum absolute atomic E-state index is 0.118. The third-order valence-corrected chi connectivity index (χ3v) is 5.21. The summed E-state index contributed by atoms with van der Waals surface area (Å²) in [5.74, 6) is -1.53. The smallest absolute Gasteiger partial charge is 0.340 e. The molecule has 0 atom stereocenters. The molecular formula is C19H15BrClN3O6. The number of amides is 2. The summed E-state index contributed by atoms with van der Waals surface area (Å²) in [4.78, 5) is 48.4. The van der Waals surface area contributed by atoms with Crippen LogP contribution in [0, 0.1) is 10.1 Å². The number of non-ortho nitro benzene ring substituents is 1. The fraction of sp³-hybridized carbons (Fsp3) is 0.211. The molecule has 2 aromatic rings. The van der Waals surface area contributed by atoms with Gasteiger partial charge >= 0.3 is 5.97 Å². The van der Waals surface area contributed by atoms with Gasteiger partial charge in [0.15, 0.2) is 6.61 Å². The highest BCUT2D eigenvalue weighted by molar-refractivity contribution is 9.10. The van der Waals surface area contributed by atoms with Gasteiger partial charge in [0.2, 0.25) is 5.91 Å². The third-order valence-electron chi connectivity index (χ3n) is 4.32. The molecule has 0 unspecified atom stereocenters. The zero-order valence-corrected chi connectivity index (χ0v) is 17.7. The Hall–Kier alpha value is -2.98. The topological polar surface area (TPSA) is 119 Å². The molecule has 1 fully saturated rings. The van der Waals surface area contributed by atoms with Crippen molar-refractivity contribution in [3.63, 3.8) is 0 Å². The first-order chi connectivity index (χ1) is 14.3. The number of hydrogen-bond donors (Lipinski definition) is 1. The van der Waals surface area contributed by atoms with Crippen molar-refractivity contribution < 1.29 is 24.0 Å². The number of nitrogens with zero attached hydrogens (tertiary/aromatic N) is 2. The van der Waals surface area contributed by atoms with E-state index in [1.807, 2.05) is 0 Å². The fourth-order valence-electron chi connectivity index (χ4n) is 2.92. The van der Waals surface area contributed by atoms with Gasteiger partial charge in [-0.05, 0) is 46.6 Å². The van der Waals surface area contributed by atoms with Crippen molar-refractivity contribution >= 4 is 62.4 Å². The van der Waals surface area contributed by atoms with Crippen LogP contribution in [0.3, 0.4) is 0 Å². The molecule has 1 aliphatic heterocycles. The lowest BCUT2D eigenvalue weighted by molar-refractivity contribution is -0.384. The van der Waals surface area contributed by atoms with E-state index in [-0.39, 0.29) is 22.8 Å². The van der Waals surface area contributed by atoms with Crippen LogP contribution in [-0.4, -0.2) is 35.9 Å². The molecule has 2 aromatic carbocycles. The summed E-state index contributed by atoms with van der Waals surface area (Å²) in [6.07, 6.45) is 1.06. The van der Waals surface area contributed by atoms with Crippen molar-refractivity contribution in [1.29, 1.82) is 0 Å². The molecule has 0 saturated carbocycles. The number of carbonyl (C=O) groups excluding carboxylic acids is 3. The normalized spacial score (nSPS) is 13.3. The van der Waals surface area contributed by atoms with Gasteiger partial charge in [0.1, 0.15) is 0 Å². The lowest BCUT2D eigenvalue weighted by atomic mass is 10.1. The highest BCUT2D eigenvalue weighted by atomic mass is 79.9. The molecular weight excluding hydrogens is 482 g/mol. The van der Waals surface area contributed by atoms with E-state index in [9.17, 15) is 24.5 Å². The Morgan fingerprint density at radius 3 is 2.67 bits per heavy atom. The van der Waals surface area contributed by atoms with Crippen molar-refractivity contribution in [3.8, 4) is 0 Å². The zero-order chi connectivity index (χ0) is 21.8. The second-order valence-corrected chi connectivity index (χ2v) is 7.65. The van der Waals surface area contributed by atoms with Gasteiger partial charge in [0.05, 0.1) is 21.9 Å². The van der Waals surface area contributed by atoms with Gasteiger partial charge in [0, 0.05) is 34.6 Å². The van der Waals surface area contributed by atoms with Crippen LogP contribution >= 0.6 is 27.5 Å². The Labute approximate surface area is 184 Å². The number of benzene rings is 2. The van der Waals surface area contributed by atoms with E-state index in [4.69, 9.17) is 16.3 Å². The third kappa shape index (κ3) is 4.95. The average Bonchev–Trinajstić information content (AvgIpc) is 3.13. The predicted molar refractivity (Wildman–Crippen MR) is 113 cm³/mol. The van der Waals surface area contributed by atoms with Crippen LogP contribution in [0.5, 0.6) is 0 Å². The number of nitro groups is 1. The lowest BCUT2D eigenvalue weighted by Gasteiger charge is -2.19. The van der Waals surface area contributed by atoms with Gasteiger partial charge in [-0.25, -0.2) is 4.79 Å². The first kappa shape index (κ1) is 21.7. The Morgan fingerprint density at radius 1 is 1.27 bits per heavy atom. The molecule has 0 aromatic heterocycles. The van der Waals surface area contributed by atoms with Crippen molar-refractivity contribution in [3.05, 3.63) is 61.6 Å². The first-order valence-corrected chi connectivity index (χ1v) is 9.94. The Kier molecular flexibility index (Phi) is 6.68. The number of ether oxygens (including phenoxy) is 1. The maximum atomic E-state index is 12.5. The summed E-state index contributed by atoms with van der Waals surface area (Å²) in [5.41, 5.74) is 0.613. The number of nitrogens with one attached hydrogen (secondary N) is 1. The van der Waals surface area contributed by atoms with Crippen LogP contribution in [-0.2, 0) is 14.3 Å². The largest absolute Gasteiger partial charge is 0.452 e. The Bertz CT molecular complexity index is 1040. The zero-order valence-electron chi connectivity index (χ0n) is 15.4. The molecule has 1 N–H and O–H groups in total. The highest BCUT2D eigenvalue weighted by Gasteiger charge is 2.27. The molecule has 156 valence electrons. The van der Waals surface area contributed by atoms with Gasteiger partial charge < -0.3 is 15.0 Å². The van der Waals surface area contributed by atoms with E-state index in [1.54, 1.807) is 0 Å². The second-order valence-electron chi connectivity index (χ2n) is 6.36. The predicted octanol–water partition coefficient (Wildman–Crippen LogP) is 3.93. The summed E-state index contributed by atoms with van der Waals surface area (Å²) < 4.78 is 5.39. The van der Waals surface area contributed by atoms with Crippen molar-refractivity contribution in [2.45, 2.75) is 12.8 Å². The van der Waals surface area contributed by atoms with E-state index >= 15 is 0 Å². The second kappa shape index (κ2) is 9.23. The summed E-state index contributed by atoms with van der Waals surface area (Å²) in [7, 11) is 0. The van der Waals surface area contributed by atoms with Crippen LogP contribution in [0.25, 0.3) is 0 Å². The van der Waals surface area contributed by atoms with Crippen LogP contribution in [0.15, 0.2) is 40.9 Å². The molecule has 0 aliphatic carbocycles. The van der Waals surface area contributed by atoms with E-state index in [0.29, 0.717) is 34.6 Å². The van der Waals surface area contributed by atoms with E-state index in [1.165, 1.54) is 41.3 Å². The number of rotatable bonds is 6. The Morgan fingerprint density at radius 2 is 2.03 bits per heavy atom. The molecule has 11 heteroatoms. The van der Waals surface area contributed by atoms with Crippen LogP contribution in [0.4, 0.5) is 17.1 Å². The molecule has 1 aliphatic rings. The van der Waals surface area contributed by atoms with Gasteiger partial charge in [-0.1, -0.05) is 11.6 Å². The van der Waals surface area contributed by atoms with Crippen molar-refractivity contribution in [2.24, 2.45) is 0 Å². The standard InChI is InChI=1S/C19H15BrClN3O6/c20-14-9-12(24(28)29)4-6-15(14)22-17(25)10-30-19(27)13-5-3-11(21)8-16(13)23-7-1-2-18(23)26/h3-6,8-9H,1-2,7,10H2,(H,22,25). The molecule has 0 spiro atoms. The van der Waals surface area contributed by atoms with Gasteiger partial charge in [-0.2, -0.15) is 0 Å².